The molecule has 3 heterocycles. The van der Waals surface area contributed by atoms with Gasteiger partial charge in [-0.15, -0.1) is 0 Å². The van der Waals surface area contributed by atoms with E-state index in [4.69, 9.17) is 9.84 Å². The zero-order chi connectivity index (χ0) is 13.2. The van der Waals surface area contributed by atoms with Crippen LogP contribution < -0.4 is 5.32 Å². The van der Waals surface area contributed by atoms with Crippen molar-refractivity contribution in [2.45, 2.75) is 44.4 Å². The van der Waals surface area contributed by atoms with E-state index in [2.05, 4.69) is 24.0 Å². The Balaban J connectivity index is 1.91. The number of hydrogen-bond acceptors (Lipinski definition) is 3. The molecule has 1 aromatic heterocycles. The summed E-state index contributed by atoms with van der Waals surface area (Å²) in [6.07, 6.45) is 4.77. The molecular formula is C15H25N3O. The van der Waals surface area contributed by atoms with E-state index < -0.39 is 0 Å². The summed E-state index contributed by atoms with van der Waals surface area (Å²) in [5.74, 6) is 1.31. The van der Waals surface area contributed by atoms with Crippen molar-refractivity contribution >= 4 is 0 Å². The van der Waals surface area contributed by atoms with Crippen molar-refractivity contribution in [1.29, 1.82) is 0 Å². The summed E-state index contributed by atoms with van der Waals surface area (Å²) in [4.78, 5) is 0. The number of piperidine rings is 1. The minimum absolute atomic E-state index is 0.652. The Bertz CT molecular complexity index is 429. The number of aromatic nitrogens is 2. The fourth-order valence-electron chi connectivity index (χ4n) is 3.54. The molecule has 2 fully saturated rings. The molecule has 1 N–H and O–H groups in total. The van der Waals surface area contributed by atoms with E-state index in [-0.39, 0.29) is 0 Å². The molecule has 2 aliphatic rings. The van der Waals surface area contributed by atoms with Crippen LogP contribution in [0.1, 0.15) is 54.5 Å². The highest BCUT2D eigenvalue weighted by atomic mass is 16.5. The van der Waals surface area contributed by atoms with E-state index in [1.807, 2.05) is 0 Å². The summed E-state index contributed by atoms with van der Waals surface area (Å²) >= 11 is 0. The zero-order valence-corrected chi connectivity index (χ0v) is 12.1. The summed E-state index contributed by atoms with van der Waals surface area (Å²) in [5.41, 5.74) is 4.28. The Labute approximate surface area is 115 Å². The minimum atomic E-state index is 0.652. The zero-order valence-electron chi connectivity index (χ0n) is 12.1. The Hall–Kier alpha value is -0.870. The van der Waals surface area contributed by atoms with Crippen LogP contribution in [0.15, 0.2) is 0 Å². The Morgan fingerprint density at radius 2 is 1.79 bits per heavy atom. The summed E-state index contributed by atoms with van der Waals surface area (Å²) < 4.78 is 7.60. The van der Waals surface area contributed by atoms with Gasteiger partial charge in [-0.3, -0.25) is 4.68 Å². The molecule has 1 aromatic rings. The van der Waals surface area contributed by atoms with Crippen molar-refractivity contribution in [2.24, 2.45) is 7.05 Å². The molecular weight excluding hydrogens is 238 g/mol. The fraction of sp³-hybridized carbons (Fsp3) is 0.800. The molecule has 0 amide bonds. The first-order valence-electron chi connectivity index (χ1n) is 7.59. The fourth-order valence-corrected chi connectivity index (χ4v) is 3.54. The van der Waals surface area contributed by atoms with Crippen molar-refractivity contribution in [2.75, 3.05) is 26.3 Å². The maximum Gasteiger partial charge on any atom is 0.0693 e. The molecule has 0 aliphatic carbocycles. The summed E-state index contributed by atoms with van der Waals surface area (Å²) in [6.45, 7) is 6.30. The van der Waals surface area contributed by atoms with E-state index in [0.717, 1.165) is 39.1 Å². The highest BCUT2D eigenvalue weighted by Gasteiger charge is 2.28. The van der Waals surface area contributed by atoms with Gasteiger partial charge in [0, 0.05) is 31.9 Å². The van der Waals surface area contributed by atoms with Crippen LogP contribution in [0.5, 0.6) is 0 Å². The minimum Gasteiger partial charge on any atom is -0.381 e. The SMILES string of the molecule is Cc1c(C2CCOCC2)c(C2CCNCC2)nn1C. The van der Waals surface area contributed by atoms with Gasteiger partial charge in [0.25, 0.3) is 0 Å². The molecule has 2 saturated heterocycles. The van der Waals surface area contributed by atoms with Gasteiger partial charge in [0.05, 0.1) is 5.69 Å². The number of hydrogen-bond donors (Lipinski definition) is 1. The molecule has 0 unspecified atom stereocenters. The second kappa shape index (κ2) is 5.63. The lowest BCUT2D eigenvalue weighted by Crippen LogP contribution is -2.27. The van der Waals surface area contributed by atoms with Crippen molar-refractivity contribution in [3.8, 4) is 0 Å². The van der Waals surface area contributed by atoms with Crippen molar-refractivity contribution in [3.63, 3.8) is 0 Å². The third kappa shape index (κ3) is 2.56. The van der Waals surface area contributed by atoms with Crippen molar-refractivity contribution in [3.05, 3.63) is 17.0 Å². The Kier molecular flexibility index (Phi) is 3.89. The number of nitrogens with zero attached hydrogens (tertiary/aromatic N) is 2. The average molecular weight is 263 g/mol. The topological polar surface area (TPSA) is 39.1 Å². The third-order valence-corrected chi connectivity index (χ3v) is 4.76. The van der Waals surface area contributed by atoms with Gasteiger partial charge >= 0.3 is 0 Å². The smallest absolute Gasteiger partial charge is 0.0693 e. The Morgan fingerprint density at radius 3 is 2.47 bits per heavy atom. The summed E-state index contributed by atoms with van der Waals surface area (Å²) in [7, 11) is 2.09. The predicted octanol–water partition coefficient (Wildman–Crippen LogP) is 2.09. The number of rotatable bonds is 2. The van der Waals surface area contributed by atoms with Crippen molar-refractivity contribution < 1.29 is 4.74 Å². The quantitative estimate of drug-likeness (QED) is 0.888. The molecule has 0 aromatic carbocycles. The van der Waals surface area contributed by atoms with Crippen LogP contribution in [0.4, 0.5) is 0 Å². The van der Waals surface area contributed by atoms with Gasteiger partial charge in [0.1, 0.15) is 0 Å². The maximum absolute atomic E-state index is 5.52. The largest absolute Gasteiger partial charge is 0.381 e. The molecule has 4 nitrogen and oxygen atoms in total. The number of nitrogens with one attached hydrogen (secondary N) is 1. The molecule has 0 radical (unpaired) electrons. The molecule has 4 heteroatoms. The lowest BCUT2D eigenvalue weighted by Gasteiger charge is -2.27. The average Bonchev–Trinajstić information content (AvgIpc) is 2.77. The normalized spacial score (nSPS) is 22.8. The number of ether oxygens (including phenoxy) is 1. The molecule has 2 aliphatic heterocycles. The first-order valence-corrected chi connectivity index (χ1v) is 7.59. The predicted molar refractivity (Wildman–Crippen MR) is 75.6 cm³/mol. The maximum atomic E-state index is 5.52. The summed E-state index contributed by atoms with van der Waals surface area (Å²) in [5, 5.41) is 8.31. The number of aryl methyl sites for hydroxylation is 1. The van der Waals surface area contributed by atoms with Gasteiger partial charge < -0.3 is 10.1 Å². The molecule has 3 rings (SSSR count). The van der Waals surface area contributed by atoms with Crippen LogP contribution in [0, 0.1) is 6.92 Å². The van der Waals surface area contributed by atoms with Gasteiger partial charge in [-0.1, -0.05) is 0 Å². The first-order chi connectivity index (χ1) is 9.27. The highest BCUT2D eigenvalue weighted by Crippen LogP contribution is 2.37. The van der Waals surface area contributed by atoms with E-state index in [1.165, 1.54) is 29.8 Å². The third-order valence-electron chi connectivity index (χ3n) is 4.76. The van der Waals surface area contributed by atoms with Gasteiger partial charge in [0.2, 0.25) is 0 Å². The van der Waals surface area contributed by atoms with E-state index in [0.29, 0.717) is 11.8 Å². The summed E-state index contributed by atoms with van der Waals surface area (Å²) in [6, 6.07) is 0. The van der Waals surface area contributed by atoms with Gasteiger partial charge in [0.15, 0.2) is 0 Å². The van der Waals surface area contributed by atoms with E-state index in [1.54, 1.807) is 0 Å². The molecule has 0 atom stereocenters. The molecule has 106 valence electrons. The Morgan fingerprint density at radius 1 is 1.11 bits per heavy atom. The van der Waals surface area contributed by atoms with Crippen LogP contribution in [0.25, 0.3) is 0 Å². The lowest BCUT2D eigenvalue weighted by atomic mass is 9.84. The standard InChI is InChI=1S/C15H25N3O/c1-11-14(12-5-9-19-10-6-12)15(17-18(11)2)13-3-7-16-8-4-13/h12-13,16H,3-10H2,1-2H3. The van der Waals surface area contributed by atoms with Crippen LogP contribution in [-0.4, -0.2) is 36.1 Å². The van der Waals surface area contributed by atoms with E-state index in [9.17, 15) is 0 Å². The first kappa shape index (κ1) is 13.1. The van der Waals surface area contributed by atoms with Crippen LogP contribution in [-0.2, 0) is 11.8 Å². The van der Waals surface area contributed by atoms with Crippen LogP contribution in [0.2, 0.25) is 0 Å². The van der Waals surface area contributed by atoms with Crippen LogP contribution in [0.3, 0.4) is 0 Å². The highest BCUT2D eigenvalue weighted by molar-refractivity contribution is 5.32. The van der Waals surface area contributed by atoms with Crippen LogP contribution >= 0.6 is 0 Å². The second-order valence-electron chi connectivity index (χ2n) is 5.92. The van der Waals surface area contributed by atoms with Gasteiger partial charge in [-0.25, -0.2) is 0 Å². The molecule has 19 heavy (non-hydrogen) atoms. The van der Waals surface area contributed by atoms with Gasteiger partial charge in [-0.2, -0.15) is 5.10 Å². The van der Waals surface area contributed by atoms with Crippen molar-refractivity contribution in [1.82, 2.24) is 15.1 Å². The van der Waals surface area contributed by atoms with Gasteiger partial charge in [-0.05, 0) is 57.2 Å². The van der Waals surface area contributed by atoms with E-state index >= 15 is 0 Å². The monoisotopic (exact) mass is 263 g/mol. The second-order valence-corrected chi connectivity index (χ2v) is 5.92. The molecule has 0 spiro atoms. The molecule has 0 bridgehead atoms. The molecule has 0 saturated carbocycles. The lowest BCUT2D eigenvalue weighted by molar-refractivity contribution is 0.0849.